The van der Waals surface area contributed by atoms with E-state index in [0.29, 0.717) is 13.1 Å². The van der Waals surface area contributed by atoms with Gasteiger partial charge in [-0.3, -0.25) is 4.79 Å². The standard InChI is InChI=1S/C19H20N4O/c1-3-22(4-2)18(24)13-12-16-19(15-9-6-5-7-10-15)21-17-11-8-14-20-23(16)17/h5-14H,3-4H2,1-2H3/b13-12+. The Labute approximate surface area is 141 Å². The highest BCUT2D eigenvalue weighted by molar-refractivity contribution is 5.92. The molecular weight excluding hydrogens is 300 g/mol. The van der Waals surface area contributed by atoms with Gasteiger partial charge in [0, 0.05) is 30.9 Å². The van der Waals surface area contributed by atoms with Gasteiger partial charge in [-0.25, -0.2) is 9.50 Å². The molecule has 0 atom stereocenters. The molecule has 0 unspecified atom stereocenters. The molecule has 0 saturated heterocycles. The van der Waals surface area contributed by atoms with Crippen LogP contribution in [0.4, 0.5) is 0 Å². The van der Waals surface area contributed by atoms with Crippen LogP contribution in [0.5, 0.6) is 0 Å². The topological polar surface area (TPSA) is 50.5 Å². The summed E-state index contributed by atoms with van der Waals surface area (Å²) < 4.78 is 1.76. The number of nitrogens with zero attached hydrogens (tertiary/aromatic N) is 4. The molecule has 122 valence electrons. The van der Waals surface area contributed by atoms with Crippen LogP contribution in [-0.4, -0.2) is 38.5 Å². The second-order valence-electron chi connectivity index (χ2n) is 5.35. The molecule has 0 aliphatic heterocycles. The second kappa shape index (κ2) is 7.08. The molecule has 24 heavy (non-hydrogen) atoms. The fraction of sp³-hybridized carbons (Fsp3) is 0.211. The predicted molar refractivity (Wildman–Crippen MR) is 95.4 cm³/mol. The number of fused-ring (bicyclic) bond motifs is 1. The van der Waals surface area contributed by atoms with Crippen LogP contribution in [0, 0.1) is 0 Å². The first-order valence-corrected chi connectivity index (χ1v) is 8.10. The molecule has 0 saturated carbocycles. The normalized spacial score (nSPS) is 11.2. The second-order valence-corrected chi connectivity index (χ2v) is 5.35. The smallest absolute Gasteiger partial charge is 0.246 e. The van der Waals surface area contributed by atoms with E-state index in [-0.39, 0.29) is 5.91 Å². The molecule has 0 fully saturated rings. The molecule has 5 nitrogen and oxygen atoms in total. The van der Waals surface area contributed by atoms with Crippen LogP contribution in [0.3, 0.4) is 0 Å². The molecule has 0 aliphatic carbocycles. The lowest BCUT2D eigenvalue weighted by atomic mass is 10.1. The van der Waals surface area contributed by atoms with Crippen molar-refractivity contribution in [3.8, 4) is 11.3 Å². The highest BCUT2D eigenvalue weighted by atomic mass is 16.2. The molecule has 0 bridgehead atoms. The summed E-state index contributed by atoms with van der Waals surface area (Å²) in [4.78, 5) is 18.7. The van der Waals surface area contributed by atoms with E-state index in [2.05, 4.69) is 10.1 Å². The Morgan fingerprint density at radius 1 is 1.12 bits per heavy atom. The number of carbonyl (C=O) groups excluding carboxylic acids is 1. The minimum Gasteiger partial charge on any atom is -0.340 e. The Balaban J connectivity index is 2.07. The summed E-state index contributed by atoms with van der Waals surface area (Å²) in [6.07, 6.45) is 5.11. The average Bonchev–Trinajstić information content (AvgIpc) is 3.00. The van der Waals surface area contributed by atoms with Crippen LogP contribution in [0.15, 0.2) is 54.7 Å². The number of likely N-dealkylation sites (N-methyl/N-ethyl adjacent to an activating group) is 1. The van der Waals surface area contributed by atoms with E-state index in [0.717, 1.165) is 22.6 Å². The molecule has 0 N–H and O–H groups in total. The van der Waals surface area contributed by atoms with Gasteiger partial charge in [-0.05, 0) is 32.1 Å². The molecule has 5 heteroatoms. The van der Waals surface area contributed by atoms with E-state index in [1.54, 1.807) is 27.8 Å². The SMILES string of the molecule is CCN(CC)C(=O)/C=C/c1c(-c2ccccc2)nc2cccnn12. The monoisotopic (exact) mass is 320 g/mol. The van der Waals surface area contributed by atoms with E-state index in [1.807, 2.05) is 56.3 Å². The van der Waals surface area contributed by atoms with E-state index in [1.165, 1.54) is 0 Å². The summed E-state index contributed by atoms with van der Waals surface area (Å²) in [7, 11) is 0. The highest BCUT2D eigenvalue weighted by Crippen LogP contribution is 2.24. The van der Waals surface area contributed by atoms with Gasteiger partial charge in [0.2, 0.25) is 5.91 Å². The van der Waals surface area contributed by atoms with Crippen LogP contribution in [0.1, 0.15) is 19.5 Å². The summed E-state index contributed by atoms with van der Waals surface area (Å²) in [6.45, 7) is 5.33. The fourth-order valence-corrected chi connectivity index (χ4v) is 2.66. The number of carbonyl (C=O) groups is 1. The summed E-state index contributed by atoms with van der Waals surface area (Å²) in [6, 6.07) is 13.7. The summed E-state index contributed by atoms with van der Waals surface area (Å²) in [5.74, 6) is -0.00936. The number of aromatic nitrogens is 3. The maximum atomic E-state index is 12.3. The van der Waals surface area contributed by atoms with Crippen molar-refractivity contribution in [2.45, 2.75) is 13.8 Å². The Morgan fingerprint density at radius 3 is 2.58 bits per heavy atom. The third-order valence-corrected chi connectivity index (χ3v) is 3.93. The Bertz CT molecular complexity index is 863. The van der Waals surface area contributed by atoms with Crippen LogP contribution >= 0.6 is 0 Å². The minimum absolute atomic E-state index is 0.00936. The lowest BCUT2D eigenvalue weighted by Crippen LogP contribution is -2.28. The minimum atomic E-state index is -0.00936. The number of rotatable bonds is 5. The number of benzene rings is 1. The quantitative estimate of drug-likeness (QED) is 0.678. The van der Waals surface area contributed by atoms with Crippen molar-refractivity contribution >= 4 is 17.6 Å². The molecular formula is C19H20N4O. The van der Waals surface area contributed by atoms with Crippen molar-refractivity contribution in [1.82, 2.24) is 19.5 Å². The number of hydrogen-bond acceptors (Lipinski definition) is 3. The Hall–Kier alpha value is -2.95. The van der Waals surface area contributed by atoms with Crippen molar-refractivity contribution in [1.29, 1.82) is 0 Å². The van der Waals surface area contributed by atoms with Crippen LogP contribution in [0.2, 0.25) is 0 Å². The van der Waals surface area contributed by atoms with Crippen LogP contribution < -0.4 is 0 Å². The Morgan fingerprint density at radius 2 is 1.88 bits per heavy atom. The van der Waals surface area contributed by atoms with Gasteiger partial charge >= 0.3 is 0 Å². The summed E-state index contributed by atoms with van der Waals surface area (Å²) in [5, 5.41) is 4.37. The zero-order chi connectivity index (χ0) is 16.9. The van der Waals surface area contributed by atoms with Crippen molar-refractivity contribution in [2.75, 3.05) is 13.1 Å². The lowest BCUT2D eigenvalue weighted by molar-refractivity contribution is -0.125. The first kappa shape index (κ1) is 15.9. The third-order valence-electron chi connectivity index (χ3n) is 3.93. The maximum absolute atomic E-state index is 12.3. The van der Waals surface area contributed by atoms with Gasteiger partial charge in [-0.1, -0.05) is 30.3 Å². The van der Waals surface area contributed by atoms with Gasteiger partial charge in [0.15, 0.2) is 5.65 Å². The van der Waals surface area contributed by atoms with Gasteiger partial charge in [0.05, 0.1) is 11.4 Å². The molecule has 0 spiro atoms. The van der Waals surface area contributed by atoms with Crippen molar-refractivity contribution in [3.63, 3.8) is 0 Å². The molecule has 0 radical (unpaired) electrons. The lowest BCUT2D eigenvalue weighted by Gasteiger charge is -2.15. The maximum Gasteiger partial charge on any atom is 0.246 e. The number of hydrogen-bond donors (Lipinski definition) is 0. The summed E-state index contributed by atoms with van der Waals surface area (Å²) >= 11 is 0. The largest absolute Gasteiger partial charge is 0.340 e. The molecule has 1 aromatic carbocycles. The van der Waals surface area contributed by atoms with Crippen LogP contribution in [0.25, 0.3) is 23.0 Å². The van der Waals surface area contributed by atoms with Gasteiger partial charge in [0.1, 0.15) is 0 Å². The average molecular weight is 320 g/mol. The molecule has 2 heterocycles. The zero-order valence-corrected chi connectivity index (χ0v) is 13.9. The van der Waals surface area contributed by atoms with Crippen molar-refractivity contribution in [2.24, 2.45) is 0 Å². The summed E-state index contributed by atoms with van der Waals surface area (Å²) in [5.41, 5.74) is 3.37. The fourth-order valence-electron chi connectivity index (χ4n) is 2.66. The molecule has 3 rings (SSSR count). The van der Waals surface area contributed by atoms with Crippen molar-refractivity contribution < 1.29 is 4.79 Å². The van der Waals surface area contributed by atoms with Gasteiger partial charge in [-0.15, -0.1) is 0 Å². The van der Waals surface area contributed by atoms with Gasteiger partial charge in [0.25, 0.3) is 0 Å². The number of amides is 1. The van der Waals surface area contributed by atoms with E-state index in [9.17, 15) is 4.79 Å². The molecule has 2 aromatic heterocycles. The Kier molecular flexibility index (Phi) is 4.70. The molecule has 3 aromatic rings. The van der Waals surface area contributed by atoms with E-state index in [4.69, 9.17) is 0 Å². The highest BCUT2D eigenvalue weighted by Gasteiger charge is 2.13. The van der Waals surface area contributed by atoms with Gasteiger partial charge < -0.3 is 4.90 Å². The first-order valence-electron chi connectivity index (χ1n) is 8.10. The molecule has 0 aliphatic rings. The van der Waals surface area contributed by atoms with Crippen molar-refractivity contribution in [3.05, 3.63) is 60.4 Å². The van der Waals surface area contributed by atoms with E-state index < -0.39 is 0 Å². The van der Waals surface area contributed by atoms with Gasteiger partial charge in [-0.2, -0.15) is 5.10 Å². The third kappa shape index (κ3) is 3.06. The number of imidazole rings is 1. The molecule has 1 amide bonds. The van der Waals surface area contributed by atoms with Crippen LogP contribution in [-0.2, 0) is 4.79 Å². The predicted octanol–water partition coefficient (Wildman–Crippen LogP) is 3.28. The van der Waals surface area contributed by atoms with E-state index >= 15 is 0 Å². The first-order chi connectivity index (χ1) is 11.7. The zero-order valence-electron chi connectivity index (χ0n) is 13.9.